The van der Waals surface area contributed by atoms with Gasteiger partial charge in [-0.25, -0.2) is 0 Å². The molecule has 0 rings (SSSR count). The number of carbonyl (C=O) groups is 2. The lowest BCUT2D eigenvalue weighted by atomic mass is 9.94. The molecule has 0 saturated heterocycles. The van der Waals surface area contributed by atoms with Gasteiger partial charge in [-0.15, -0.1) is 0 Å². The monoisotopic (exact) mass is 348 g/mol. The molecule has 0 aromatic carbocycles. The maximum atomic E-state index is 12.7. The summed E-state index contributed by atoms with van der Waals surface area (Å²) in [6, 6.07) is 0. The van der Waals surface area contributed by atoms with Crippen LogP contribution in [0.3, 0.4) is 0 Å². The van der Waals surface area contributed by atoms with E-state index in [4.69, 9.17) is 4.74 Å². The number of alkyl halides is 5. The lowest BCUT2D eigenvalue weighted by molar-refractivity contribution is -0.294. The van der Waals surface area contributed by atoms with Crippen LogP contribution in [0, 0.1) is 5.41 Å². The zero-order valence-corrected chi connectivity index (χ0v) is 13.3. The molecular weight excluding hydrogens is 327 g/mol. The van der Waals surface area contributed by atoms with Crippen molar-refractivity contribution in [3.05, 3.63) is 0 Å². The number of ether oxygens (including phenoxy) is 2. The molecular formula is C14H21F5O4. The zero-order chi connectivity index (χ0) is 18.3. The van der Waals surface area contributed by atoms with Crippen LogP contribution >= 0.6 is 0 Å². The number of rotatable bonds is 9. The van der Waals surface area contributed by atoms with Gasteiger partial charge in [0.05, 0.1) is 6.61 Å². The highest BCUT2D eigenvalue weighted by Gasteiger charge is 2.59. The van der Waals surface area contributed by atoms with Gasteiger partial charge in [0.1, 0.15) is 0 Å². The Hall–Kier alpha value is -1.41. The van der Waals surface area contributed by atoms with Gasteiger partial charge in [-0.1, -0.05) is 26.2 Å². The van der Waals surface area contributed by atoms with Crippen LogP contribution in [0.15, 0.2) is 0 Å². The lowest BCUT2D eigenvalue weighted by Gasteiger charge is -2.24. The molecule has 0 spiro atoms. The molecule has 0 radical (unpaired) electrons. The smallest absolute Gasteiger partial charge is 0.456 e. The molecule has 4 nitrogen and oxygen atoms in total. The van der Waals surface area contributed by atoms with Gasteiger partial charge in [-0.3, -0.25) is 9.59 Å². The normalized spacial score (nSPS) is 12.9. The Kier molecular flexibility index (Phi) is 7.93. The van der Waals surface area contributed by atoms with Crippen molar-refractivity contribution in [2.75, 3.05) is 13.2 Å². The van der Waals surface area contributed by atoms with Crippen LogP contribution in [0.5, 0.6) is 0 Å². The molecule has 0 N–H and O–H groups in total. The van der Waals surface area contributed by atoms with Crippen molar-refractivity contribution < 1.29 is 41.0 Å². The summed E-state index contributed by atoms with van der Waals surface area (Å²) in [6.45, 7) is 1.92. The minimum atomic E-state index is -5.84. The van der Waals surface area contributed by atoms with Gasteiger partial charge in [0.25, 0.3) is 0 Å². The second-order valence-electron chi connectivity index (χ2n) is 5.60. The second kappa shape index (κ2) is 8.44. The first kappa shape index (κ1) is 21.6. The van der Waals surface area contributed by atoms with Crippen molar-refractivity contribution >= 4 is 11.9 Å². The van der Waals surface area contributed by atoms with Crippen molar-refractivity contribution in [2.24, 2.45) is 5.41 Å². The predicted octanol–water partition coefficient (Wildman–Crippen LogP) is 3.88. The highest BCUT2D eigenvalue weighted by Crippen LogP contribution is 2.36. The average molecular weight is 348 g/mol. The summed E-state index contributed by atoms with van der Waals surface area (Å²) in [6.07, 6.45) is -2.55. The molecule has 0 unspecified atom stereocenters. The summed E-state index contributed by atoms with van der Waals surface area (Å²) >= 11 is 0. The quantitative estimate of drug-likeness (QED) is 0.275. The molecule has 9 heteroatoms. The van der Waals surface area contributed by atoms with Gasteiger partial charge in [0.15, 0.2) is 12.0 Å². The molecule has 0 aliphatic heterocycles. The van der Waals surface area contributed by atoms with Crippen LogP contribution in [0.25, 0.3) is 0 Å². The largest absolute Gasteiger partial charge is 0.465 e. The van der Waals surface area contributed by atoms with E-state index in [1.165, 1.54) is 0 Å². The van der Waals surface area contributed by atoms with Crippen LogP contribution in [-0.4, -0.2) is 37.3 Å². The van der Waals surface area contributed by atoms with Crippen LogP contribution in [0.2, 0.25) is 0 Å². The van der Waals surface area contributed by atoms with Gasteiger partial charge < -0.3 is 9.47 Å². The fraction of sp³-hybridized carbons (Fsp3) is 0.857. The number of hydrogen-bond donors (Lipinski definition) is 0. The van der Waals surface area contributed by atoms with E-state index in [0.717, 1.165) is 33.1 Å². The molecule has 136 valence electrons. The summed E-state index contributed by atoms with van der Waals surface area (Å²) in [5.74, 6) is -7.71. The Labute approximate surface area is 131 Å². The molecule has 0 atom stereocenters. The van der Waals surface area contributed by atoms with Crippen LogP contribution in [0.4, 0.5) is 22.0 Å². The Balaban J connectivity index is 4.46. The summed E-state index contributed by atoms with van der Waals surface area (Å²) in [5, 5.41) is 0. The van der Waals surface area contributed by atoms with Crippen molar-refractivity contribution in [3.63, 3.8) is 0 Å². The molecule has 0 aliphatic carbocycles. The molecule has 0 heterocycles. The molecule has 0 fully saturated rings. The van der Waals surface area contributed by atoms with Crippen molar-refractivity contribution in [1.29, 1.82) is 0 Å². The molecule has 0 aliphatic rings. The Morgan fingerprint density at radius 2 is 1.39 bits per heavy atom. The first-order chi connectivity index (χ1) is 10.4. The van der Waals surface area contributed by atoms with Crippen molar-refractivity contribution in [3.8, 4) is 0 Å². The third kappa shape index (κ3) is 6.70. The first-order valence-corrected chi connectivity index (χ1v) is 7.15. The van der Waals surface area contributed by atoms with E-state index >= 15 is 0 Å². The second-order valence-corrected chi connectivity index (χ2v) is 5.60. The van der Waals surface area contributed by atoms with Gasteiger partial charge in [-0.2, -0.15) is 22.0 Å². The van der Waals surface area contributed by atoms with Gasteiger partial charge in [0, 0.05) is 0 Å². The van der Waals surface area contributed by atoms with Crippen LogP contribution in [0.1, 0.15) is 46.5 Å². The number of hydrogen-bond acceptors (Lipinski definition) is 4. The van der Waals surface area contributed by atoms with Gasteiger partial charge >= 0.3 is 24.0 Å². The topological polar surface area (TPSA) is 52.6 Å². The van der Waals surface area contributed by atoms with Gasteiger partial charge in [0.2, 0.25) is 0 Å². The number of halogens is 5. The Morgan fingerprint density at radius 1 is 0.870 bits per heavy atom. The fourth-order valence-electron chi connectivity index (χ4n) is 1.38. The molecule has 0 bridgehead atoms. The van der Waals surface area contributed by atoms with Crippen molar-refractivity contribution in [1.82, 2.24) is 0 Å². The standard InChI is InChI=1S/C14H21F5O4/c1-4-5-6-7-8-22-10(20)12(2,3)11(21)23-9-13(15,16)14(17,18)19/h4-9H2,1-3H3. The zero-order valence-electron chi connectivity index (χ0n) is 13.3. The molecule has 0 aromatic rings. The Morgan fingerprint density at radius 3 is 1.87 bits per heavy atom. The predicted molar refractivity (Wildman–Crippen MR) is 70.8 cm³/mol. The minimum Gasteiger partial charge on any atom is -0.465 e. The van der Waals surface area contributed by atoms with E-state index in [1.54, 1.807) is 0 Å². The van der Waals surface area contributed by atoms with E-state index in [0.29, 0.717) is 6.42 Å². The van der Waals surface area contributed by atoms with E-state index in [9.17, 15) is 31.5 Å². The molecule has 0 aromatic heterocycles. The molecule has 0 saturated carbocycles. The number of esters is 2. The highest BCUT2D eigenvalue weighted by atomic mass is 19.4. The summed E-state index contributed by atoms with van der Waals surface area (Å²) in [4.78, 5) is 23.3. The number of carbonyl (C=O) groups excluding carboxylic acids is 2. The summed E-state index contributed by atoms with van der Waals surface area (Å²) in [7, 11) is 0. The summed E-state index contributed by atoms with van der Waals surface area (Å²) < 4.78 is 70.1. The van der Waals surface area contributed by atoms with Crippen molar-refractivity contribution in [2.45, 2.75) is 58.6 Å². The van der Waals surface area contributed by atoms with E-state index in [-0.39, 0.29) is 6.61 Å². The first-order valence-electron chi connectivity index (χ1n) is 7.15. The summed E-state index contributed by atoms with van der Waals surface area (Å²) in [5.41, 5.74) is -1.97. The fourth-order valence-corrected chi connectivity index (χ4v) is 1.38. The van der Waals surface area contributed by atoms with Gasteiger partial charge in [-0.05, 0) is 20.3 Å². The average Bonchev–Trinajstić information content (AvgIpc) is 2.42. The van der Waals surface area contributed by atoms with E-state index < -0.39 is 36.1 Å². The van der Waals surface area contributed by atoms with E-state index in [2.05, 4.69) is 4.74 Å². The maximum absolute atomic E-state index is 12.7. The molecule has 23 heavy (non-hydrogen) atoms. The molecule has 0 amide bonds. The van der Waals surface area contributed by atoms with Crippen LogP contribution in [-0.2, 0) is 19.1 Å². The van der Waals surface area contributed by atoms with E-state index in [1.807, 2.05) is 6.92 Å². The van der Waals surface area contributed by atoms with Crippen LogP contribution < -0.4 is 0 Å². The highest BCUT2D eigenvalue weighted by molar-refractivity contribution is 5.99. The Bertz CT molecular complexity index is 404. The third-order valence-corrected chi connectivity index (χ3v) is 3.05. The SMILES string of the molecule is CCCCCCOC(=O)C(C)(C)C(=O)OCC(F)(F)C(F)(F)F. The lowest BCUT2D eigenvalue weighted by Crippen LogP contribution is -2.44. The maximum Gasteiger partial charge on any atom is 0.456 e. The minimum absolute atomic E-state index is 0.0360. The third-order valence-electron chi connectivity index (χ3n) is 3.05. The number of unbranched alkanes of at least 4 members (excludes halogenated alkanes) is 3.